The molecule has 0 radical (unpaired) electrons. The second-order valence-electron chi connectivity index (χ2n) is 7.18. The Bertz CT molecular complexity index is 725. The van der Waals surface area contributed by atoms with Crippen molar-refractivity contribution in [2.24, 2.45) is 0 Å². The molecule has 1 aliphatic rings. The van der Waals surface area contributed by atoms with Gasteiger partial charge in [0, 0.05) is 50.0 Å². The highest BCUT2D eigenvalue weighted by molar-refractivity contribution is 5.93. The summed E-state index contributed by atoms with van der Waals surface area (Å²) >= 11 is 0. The molecule has 0 spiro atoms. The SMILES string of the molecule is CCC(=O)N(c1ccccc1)C1CCN(CCNc2ccc(OC)cc2)CC1. The van der Waals surface area contributed by atoms with Crippen molar-refractivity contribution in [3.63, 3.8) is 0 Å². The van der Waals surface area contributed by atoms with Crippen molar-refractivity contribution in [2.45, 2.75) is 32.2 Å². The number of amides is 1. The van der Waals surface area contributed by atoms with Crippen LogP contribution < -0.4 is 15.0 Å². The lowest BCUT2D eigenvalue weighted by Gasteiger charge is -2.38. The van der Waals surface area contributed by atoms with E-state index in [-0.39, 0.29) is 5.91 Å². The maximum absolute atomic E-state index is 12.6. The zero-order chi connectivity index (χ0) is 19.8. The van der Waals surface area contributed by atoms with Gasteiger partial charge in [-0.3, -0.25) is 4.79 Å². The molecule has 150 valence electrons. The summed E-state index contributed by atoms with van der Waals surface area (Å²) in [7, 11) is 1.68. The van der Waals surface area contributed by atoms with Gasteiger partial charge >= 0.3 is 0 Å². The van der Waals surface area contributed by atoms with Crippen LogP contribution in [0.25, 0.3) is 0 Å². The molecule has 1 fully saturated rings. The number of hydrogen-bond acceptors (Lipinski definition) is 4. The van der Waals surface area contributed by atoms with Gasteiger partial charge in [-0.05, 0) is 49.2 Å². The van der Waals surface area contributed by atoms with Gasteiger partial charge in [-0.2, -0.15) is 0 Å². The Morgan fingerprint density at radius 3 is 2.39 bits per heavy atom. The number of anilines is 2. The number of methoxy groups -OCH3 is 1. The predicted octanol–water partition coefficient (Wildman–Crippen LogP) is 4.01. The maximum Gasteiger partial charge on any atom is 0.226 e. The van der Waals surface area contributed by atoms with Crippen molar-refractivity contribution < 1.29 is 9.53 Å². The first-order chi connectivity index (χ1) is 13.7. The minimum atomic E-state index is 0.214. The molecule has 1 saturated heterocycles. The summed E-state index contributed by atoms with van der Waals surface area (Å²) in [5, 5.41) is 3.47. The summed E-state index contributed by atoms with van der Waals surface area (Å²) in [5.41, 5.74) is 2.13. The highest BCUT2D eigenvalue weighted by atomic mass is 16.5. The van der Waals surface area contributed by atoms with Crippen LogP contribution in [0.5, 0.6) is 5.75 Å². The molecule has 28 heavy (non-hydrogen) atoms. The van der Waals surface area contributed by atoms with Crippen LogP contribution in [0, 0.1) is 0 Å². The Balaban J connectivity index is 1.48. The number of rotatable bonds is 8. The monoisotopic (exact) mass is 381 g/mol. The van der Waals surface area contributed by atoms with Gasteiger partial charge in [-0.25, -0.2) is 0 Å². The molecule has 0 aromatic heterocycles. The Morgan fingerprint density at radius 1 is 1.11 bits per heavy atom. The van der Waals surface area contributed by atoms with Gasteiger partial charge in [0.1, 0.15) is 5.75 Å². The lowest BCUT2D eigenvalue weighted by atomic mass is 10.0. The average Bonchev–Trinajstić information content (AvgIpc) is 2.76. The molecule has 0 atom stereocenters. The topological polar surface area (TPSA) is 44.8 Å². The van der Waals surface area contributed by atoms with Crippen LogP contribution in [0.2, 0.25) is 0 Å². The van der Waals surface area contributed by atoms with E-state index in [1.165, 1.54) is 0 Å². The molecule has 3 rings (SSSR count). The van der Waals surface area contributed by atoms with E-state index in [0.717, 1.165) is 56.1 Å². The molecular formula is C23H31N3O2. The molecule has 0 aliphatic carbocycles. The largest absolute Gasteiger partial charge is 0.497 e. The number of nitrogens with zero attached hydrogens (tertiary/aromatic N) is 2. The molecule has 5 nitrogen and oxygen atoms in total. The Morgan fingerprint density at radius 2 is 1.79 bits per heavy atom. The number of carbonyl (C=O) groups excluding carboxylic acids is 1. The third-order valence-electron chi connectivity index (χ3n) is 5.37. The fourth-order valence-corrected chi connectivity index (χ4v) is 3.79. The van der Waals surface area contributed by atoms with Gasteiger partial charge < -0.3 is 19.9 Å². The quantitative estimate of drug-likeness (QED) is 0.750. The summed E-state index contributed by atoms with van der Waals surface area (Å²) in [6.45, 7) is 5.90. The summed E-state index contributed by atoms with van der Waals surface area (Å²) in [6.07, 6.45) is 2.58. The molecule has 5 heteroatoms. The van der Waals surface area contributed by atoms with E-state index in [2.05, 4.69) is 10.2 Å². The molecule has 0 bridgehead atoms. The van der Waals surface area contributed by atoms with E-state index in [0.29, 0.717) is 12.5 Å². The molecule has 1 heterocycles. The molecule has 2 aromatic rings. The van der Waals surface area contributed by atoms with Crippen molar-refractivity contribution in [3.8, 4) is 5.75 Å². The first kappa shape index (κ1) is 20.2. The van der Waals surface area contributed by atoms with Crippen LogP contribution in [-0.2, 0) is 4.79 Å². The van der Waals surface area contributed by atoms with Crippen LogP contribution in [0.15, 0.2) is 54.6 Å². The number of ether oxygens (including phenoxy) is 1. The first-order valence-electron chi connectivity index (χ1n) is 10.2. The van der Waals surface area contributed by atoms with Crippen LogP contribution in [0.3, 0.4) is 0 Å². The zero-order valence-electron chi connectivity index (χ0n) is 16.9. The van der Waals surface area contributed by atoms with Crippen molar-refractivity contribution in [3.05, 3.63) is 54.6 Å². The molecule has 0 saturated carbocycles. The number of nitrogens with one attached hydrogen (secondary N) is 1. The van der Waals surface area contributed by atoms with Crippen LogP contribution >= 0.6 is 0 Å². The van der Waals surface area contributed by atoms with Crippen molar-refractivity contribution >= 4 is 17.3 Å². The Kier molecular flexibility index (Phi) is 7.31. The molecule has 1 aliphatic heterocycles. The second kappa shape index (κ2) is 10.1. The number of likely N-dealkylation sites (tertiary alicyclic amines) is 1. The number of hydrogen-bond donors (Lipinski definition) is 1. The molecule has 1 amide bonds. The maximum atomic E-state index is 12.6. The molecule has 0 unspecified atom stereocenters. The smallest absolute Gasteiger partial charge is 0.226 e. The highest BCUT2D eigenvalue weighted by Gasteiger charge is 2.28. The lowest BCUT2D eigenvalue weighted by Crippen LogP contribution is -2.48. The number of benzene rings is 2. The van der Waals surface area contributed by atoms with Crippen LogP contribution in [-0.4, -0.2) is 50.1 Å². The second-order valence-corrected chi connectivity index (χ2v) is 7.18. The van der Waals surface area contributed by atoms with Crippen LogP contribution in [0.4, 0.5) is 11.4 Å². The third kappa shape index (κ3) is 5.26. The predicted molar refractivity (Wildman–Crippen MR) is 115 cm³/mol. The van der Waals surface area contributed by atoms with Gasteiger partial charge in [0.15, 0.2) is 0 Å². The minimum absolute atomic E-state index is 0.214. The van der Waals surface area contributed by atoms with Crippen molar-refractivity contribution in [1.82, 2.24) is 4.90 Å². The van der Waals surface area contributed by atoms with Gasteiger partial charge in [-0.15, -0.1) is 0 Å². The van der Waals surface area contributed by atoms with E-state index in [1.54, 1.807) is 7.11 Å². The summed E-state index contributed by atoms with van der Waals surface area (Å²) in [4.78, 5) is 17.1. The van der Waals surface area contributed by atoms with Gasteiger partial charge in [0.2, 0.25) is 5.91 Å². The fraction of sp³-hybridized carbons (Fsp3) is 0.435. The number of piperidine rings is 1. The first-order valence-corrected chi connectivity index (χ1v) is 10.2. The summed E-state index contributed by atoms with van der Waals surface area (Å²) in [5.74, 6) is 1.09. The molecular weight excluding hydrogens is 350 g/mol. The van der Waals surface area contributed by atoms with Crippen LogP contribution in [0.1, 0.15) is 26.2 Å². The average molecular weight is 382 g/mol. The van der Waals surface area contributed by atoms with Gasteiger partial charge in [0.05, 0.1) is 7.11 Å². The van der Waals surface area contributed by atoms with E-state index >= 15 is 0 Å². The lowest BCUT2D eigenvalue weighted by molar-refractivity contribution is -0.119. The number of carbonyl (C=O) groups is 1. The summed E-state index contributed by atoms with van der Waals surface area (Å²) in [6, 6.07) is 18.4. The normalized spacial score (nSPS) is 15.2. The third-order valence-corrected chi connectivity index (χ3v) is 5.37. The van der Waals surface area contributed by atoms with E-state index in [1.807, 2.05) is 66.4 Å². The standard InChI is InChI=1S/C23H31N3O2/c1-3-23(27)26(20-7-5-4-6-8-20)21-13-16-25(17-14-21)18-15-24-19-9-11-22(28-2)12-10-19/h4-12,21,24H,3,13-18H2,1-2H3. The zero-order valence-corrected chi connectivity index (χ0v) is 16.9. The Hall–Kier alpha value is -2.53. The highest BCUT2D eigenvalue weighted by Crippen LogP contribution is 2.24. The van der Waals surface area contributed by atoms with Crippen molar-refractivity contribution in [2.75, 3.05) is 43.5 Å². The van der Waals surface area contributed by atoms with E-state index < -0.39 is 0 Å². The molecule has 1 N–H and O–H groups in total. The fourth-order valence-electron chi connectivity index (χ4n) is 3.79. The van der Waals surface area contributed by atoms with E-state index in [9.17, 15) is 4.79 Å². The van der Waals surface area contributed by atoms with Gasteiger partial charge in [0.25, 0.3) is 0 Å². The summed E-state index contributed by atoms with van der Waals surface area (Å²) < 4.78 is 5.19. The molecule has 2 aromatic carbocycles. The Labute approximate surface area is 168 Å². The van der Waals surface area contributed by atoms with Crippen molar-refractivity contribution in [1.29, 1.82) is 0 Å². The minimum Gasteiger partial charge on any atom is -0.497 e. The van der Waals surface area contributed by atoms with E-state index in [4.69, 9.17) is 4.74 Å². The number of para-hydroxylation sites is 1. The van der Waals surface area contributed by atoms with Gasteiger partial charge in [-0.1, -0.05) is 25.1 Å².